The van der Waals surface area contributed by atoms with Gasteiger partial charge in [0.2, 0.25) is 0 Å². The monoisotopic (exact) mass is 256 g/mol. The van der Waals surface area contributed by atoms with Crippen molar-refractivity contribution in [2.45, 2.75) is 19.2 Å². The van der Waals surface area contributed by atoms with Crippen LogP contribution in [-0.2, 0) is 10.1 Å². The first kappa shape index (κ1) is 11.2. The van der Waals surface area contributed by atoms with Gasteiger partial charge in [0, 0.05) is 5.33 Å². The highest BCUT2D eigenvalue weighted by atomic mass is 79.9. The maximum absolute atomic E-state index is 11.4. The molecule has 0 radical (unpaired) electrons. The van der Waals surface area contributed by atoms with E-state index in [9.17, 15) is 4.79 Å². The Morgan fingerprint density at radius 1 is 1.50 bits per heavy atom. The van der Waals surface area contributed by atoms with Crippen LogP contribution >= 0.6 is 15.9 Å². The second-order valence-electron chi connectivity index (χ2n) is 3.00. The van der Waals surface area contributed by atoms with Gasteiger partial charge >= 0.3 is 5.97 Å². The molecule has 3 heteroatoms. The number of hydrogen-bond acceptors (Lipinski definition) is 2. The predicted octanol–water partition coefficient (Wildman–Crippen LogP) is 3.07. The third kappa shape index (κ3) is 2.58. The van der Waals surface area contributed by atoms with Gasteiger partial charge in [0.1, 0.15) is 0 Å². The average Bonchev–Trinajstić information content (AvgIpc) is 2.18. The van der Waals surface area contributed by atoms with E-state index in [1.54, 1.807) is 13.0 Å². The molecule has 0 aliphatic heterocycles. The zero-order valence-corrected chi connectivity index (χ0v) is 9.93. The van der Waals surface area contributed by atoms with E-state index >= 15 is 0 Å². The summed E-state index contributed by atoms with van der Waals surface area (Å²) in [6.45, 7) is 4.20. The number of ether oxygens (including phenoxy) is 1. The van der Waals surface area contributed by atoms with Gasteiger partial charge in [0.15, 0.2) is 0 Å². The van der Waals surface area contributed by atoms with Crippen molar-refractivity contribution in [1.82, 2.24) is 0 Å². The van der Waals surface area contributed by atoms with Crippen LogP contribution in [0.2, 0.25) is 0 Å². The first-order valence-corrected chi connectivity index (χ1v) is 5.63. The molecule has 76 valence electrons. The molecule has 14 heavy (non-hydrogen) atoms. The van der Waals surface area contributed by atoms with E-state index in [1.807, 2.05) is 19.1 Å². The van der Waals surface area contributed by atoms with Crippen molar-refractivity contribution in [3.8, 4) is 0 Å². The van der Waals surface area contributed by atoms with Crippen LogP contribution in [0.5, 0.6) is 0 Å². The van der Waals surface area contributed by atoms with Crippen molar-refractivity contribution in [3.63, 3.8) is 0 Å². The second-order valence-corrected chi connectivity index (χ2v) is 3.56. The first-order chi connectivity index (χ1) is 6.69. The summed E-state index contributed by atoms with van der Waals surface area (Å²) in [4.78, 5) is 11.4. The van der Waals surface area contributed by atoms with Crippen molar-refractivity contribution in [2.75, 3.05) is 6.61 Å². The summed E-state index contributed by atoms with van der Waals surface area (Å²) in [5, 5.41) is 0.807. The van der Waals surface area contributed by atoms with Crippen LogP contribution in [0.3, 0.4) is 0 Å². The Morgan fingerprint density at radius 2 is 2.21 bits per heavy atom. The number of alkyl halides is 1. The van der Waals surface area contributed by atoms with Gasteiger partial charge in [0.25, 0.3) is 0 Å². The fourth-order valence-electron chi connectivity index (χ4n) is 1.19. The number of halogens is 1. The lowest BCUT2D eigenvalue weighted by Crippen LogP contribution is -2.05. The van der Waals surface area contributed by atoms with Crippen molar-refractivity contribution in [2.24, 2.45) is 0 Å². The predicted molar refractivity (Wildman–Crippen MR) is 59.8 cm³/mol. The minimum Gasteiger partial charge on any atom is -0.462 e. The molecule has 0 saturated carbocycles. The fraction of sp³-hybridized carbons (Fsp3) is 0.364. The number of carbonyl (C=O) groups is 1. The topological polar surface area (TPSA) is 26.3 Å². The number of benzene rings is 1. The lowest BCUT2D eigenvalue weighted by Gasteiger charge is -2.05. The molecule has 0 amide bonds. The standard InChI is InChI=1S/C11H13BrO2/c1-3-14-11(13)9-4-5-10(7-12)8(2)6-9/h4-6H,3,7H2,1-2H3. The zero-order chi connectivity index (χ0) is 10.6. The summed E-state index contributed by atoms with van der Waals surface area (Å²) in [7, 11) is 0. The molecule has 0 spiro atoms. The van der Waals surface area contributed by atoms with Gasteiger partial charge in [0.05, 0.1) is 12.2 Å². The van der Waals surface area contributed by atoms with E-state index in [-0.39, 0.29) is 5.97 Å². The van der Waals surface area contributed by atoms with Crippen LogP contribution in [0.15, 0.2) is 18.2 Å². The van der Waals surface area contributed by atoms with E-state index in [0.29, 0.717) is 12.2 Å². The van der Waals surface area contributed by atoms with Crippen molar-refractivity contribution < 1.29 is 9.53 Å². The summed E-state index contributed by atoms with van der Waals surface area (Å²) >= 11 is 3.38. The smallest absolute Gasteiger partial charge is 0.338 e. The van der Waals surface area contributed by atoms with E-state index in [1.165, 1.54) is 5.56 Å². The fourth-order valence-corrected chi connectivity index (χ4v) is 1.82. The number of hydrogen-bond donors (Lipinski definition) is 0. The molecule has 0 bridgehead atoms. The molecule has 0 fully saturated rings. The molecule has 0 unspecified atom stereocenters. The van der Waals surface area contributed by atoms with Crippen LogP contribution in [0, 0.1) is 6.92 Å². The molecule has 0 aromatic heterocycles. The SMILES string of the molecule is CCOC(=O)c1ccc(CBr)c(C)c1. The molecule has 0 aliphatic carbocycles. The third-order valence-electron chi connectivity index (χ3n) is 2.00. The maximum atomic E-state index is 11.4. The molecule has 1 aromatic carbocycles. The van der Waals surface area contributed by atoms with E-state index < -0.39 is 0 Å². The average molecular weight is 257 g/mol. The summed E-state index contributed by atoms with van der Waals surface area (Å²) in [6, 6.07) is 5.59. The molecule has 0 saturated heterocycles. The number of aryl methyl sites for hydroxylation is 1. The number of rotatable bonds is 3. The van der Waals surface area contributed by atoms with Crippen molar-refractivity contribution in [3.05, 3.63) is 34.9 Å². The van der Waals surface area contributed by atoms with Gasteiger partial charge in [-0.3, -0.25) is 0 Å². The summed E-state index contributed by atoms with van der Waals surface area (Å²) in [5.41, 5.74) is 2.92. The van der Waals surface area contributed by atoms with Crippen LogP contribution in [-0.4, -0.2) is 12.6 Å². The summed E-state index contributed by atoms with van der Waals surface area (Å²) < 4.78 is 4.91. The largest absolute Gasteiger partial charge is 0.462 e. The molecular formula is C11H13BrO2. The highest BCUT2D eigenvalue weighted by Gasteiger charge is 2.07. The Kier molecular flexibility index (Phi) is 4.14. The Hall–Kier alpha value is -0.830. The molecule has 0 aliphatic rings. The van der Waals surface area contributed by atoms with Crippen LogP contribution in [0.1, 0.15) is 28.4 Å². The summed E-state index contributed by atoms with van der Waals surface area (Å²) in [5.74, 6) is -0.253. The van der Waals surface area contributed by atoms with Gasteiger partial charge in [-0.15, -0.1) is 0 Å². The Balaban J connectivity index is 2.91. The lowest BCUT2D eigenvalue weighted by molar-refractivity contribution is 0.0526. The van der Waals surface area contributed by atoms with Crippen molar-refractivity contribution >= 4 is 21.9 Å². The van der Waals surface area contributed by atoms with Gasteiger partial charge < -0.3 is 4.74 Å². The Labute approximate surface area is 92.4 Å². The van der Waals surface area contributed by atoms with Crippen LogP contribution in [0.4, 0.5) is 0 Å². The highest BCUT2D eigenvalue weighted by molar-refractivity contribution is 9.08. The van der Waals surface area contributed by atoms with Gasteiger partial charge in [-0.25, -0.2) is 4.79 Å². The van der Waals surface area contributed by atoms with E-state index in [0.717, 1.165) is 10.9 Å². The first-order valence-electron chi connectivity index (χ1n) is 4.51. The number of carbonyl (C=O) groups excluding carboxylic acids is 1. The lowest BCUT2D eigenvalue weighted by atomic mass is 10.1. The van der Waals surface area contributed by atoms with Crippen LogP contribution in [0.25, 0.3) is 0 Å². The molecule has 0 atom stereocenters. The number of esters is 1. The van der Waals surface area contributed by atoms with Gasteiger partial charge in [-0.05, 0) is 37.1 Å². The minimum absolute atomic E-state index is 0.253. The zero-order valence-electron chi connectivity index (χ0n) is 8.34. The molecule has 0 heterocycles. The Morgan fingerprint density at radius 3 is 2.71 bits per heavy atom. The molecule has 1 rings (SSSR count). The van der Waals surface area contributed by atoms with E-state index in [2.05, 4.69) is 15.9 Å². The maximum Gasteiger partial charge on any atom is 0.338 e. The molecule has 1 aromatic rings. The normalized spacial score (nSPS) is 9.93. The van der Waals surface area contributed by atoms with E-state index in [4.69, 9.17) is 4.74 Å². The molecular weight excluding hydrogens is 244 g/mol. The third-order valence-corrected chi connectivity index (χ3v) is 2.60. The molecule has 2 nitrogen and oxygen atoms in total. The minimum atomic E-state index is -0.253. The summed E-state index contributed by atoms with van der Waals surface area (Å²) in [6.07, 6.45) is 0. The van der Waals surface area contributed by atoms with Gasteiger partial charge in [-0.2, -0.15) is 0 Å². The van der Waals surface area contributed by atoms with Crippen LogP contribution < -0.4 is 0 Å². The Bertz CT molecular complexity index is 334. The van der Waals surface area contributed by atoms with Gasteiger partial charge in [-0.1, -0.05) is 22.0 Å². The van der Waals surface area contributed by atoms with Crippen molar-refractivity contribution in [1.29, 1.82) is 0 Å². The second kappa shape index (κ2) is 5.15. The molecule has 0 N–H and O–H groups in total. The quantitative estimate of drug-likeness (QED) is 0.614. The highest BCUT2D eigenvalue weighted by Crippen LogP contribution is 2.14.